The summed E-state index contributed by atoms with van der Waals surface area (Å²) in [5, 5.41) is 5.89. The van der Waals surface area contributed by atoms with E-state index in [1.165, 1.54) is 21.9 Å². The summed E-state index contributed by atoms with van der Waals surface area (Å²) in [6.07, 6.45) is 0. The van der Waals surface area contributed by atoms with Gasteiger partial charge in [-0.05, 0) is 38.3 Å². The largest absolute Gasteiger partial charge is 0.113 e. The van der Waals surface area contributed by atoms with E-state index in [9.17, 15) is 0 Å². The van der Waals surface area contributed by atoms with Crippen LogP contribution in [0.25, 0.3) is 21.9 Å². The van der Waals surface area contributed by atoms with Gasteiger partial charge >= 0.3 is 0 Å². The molecule has 0 saturated heterocycles. The third kappa shape index (κ3) is 1.39. The van der Waals surface area contributed by atoms with Gasteiger partial charge in [0.15, 0.2) is 0 Å². The summed E-state index contributed by atoms with van der Waals surface area (Å²) in [4.78, 5) is 0. The Morgan fingerprint density at radius 2 is 1.26 bits per heavy atom. The molecule has 1 aliphatic rings. The SMILES string of the molecule is C[Si]1(C)c2ccccc2-c2cc3ccccc3cc21. The molecule has 0 nitrogen and oxygen atoms in total. The first-order chi connectivity index (χ1) is 9.18. The first-order valence-corrected chi connectivity index (χ1v) is 9.81. The molecule has 0 amide bonds. The van der Waals surface area contributed by atoms with E-state index in [-0.39, 0.29) is 0 Å². The van der Waals surface area contributed by atoms with Crippen LogP contribution in [0.3, 0.4) is 0 Å². The van der Waals surface area contributed by atoms with Crippen molar-refractivity contribution in [3.63, 3.8) is 0 Å². The standard InChI is InChI=1S/C18H16Si/c1-19(2)17-10-6-5-9-15(17)16-11-13-7-3-4-8-14(13)12-18(16)19/h3-12H,1-2H3. The van der Waals surface area contributed by atoms with Crippen LogP contribution in [0.5, 0.6) is 0 Å². The van der Waals surface area contributed by atoms with Crippen LogP contribution in [0.2, 0.25) is 13.1 Å². The normalized spacial score (nSPS) is 15.3. The molecule has 1 heterocycles. The maximum Gasteiger partial charge on any atom is 0.113 e. The number of fused-ring (bicyclic) bond motifs is 4. The van der Waals surface area contributed by atoms with Crippen LogP contribution in [0.15, 0.2) is 60.7 Å². The molecule has 0 spiro atoms. The van der Waals surface area contributed by atoms with E-state index in [4.69, 9.17) is 0 Å². The van der Waals surface area contributed by atoms with Crippen LogP contribution < -0.4 is 10.4 Å². The van der Waals surface area contributed by atoms with Crippen molar-refractivity contribution in [2.24, 2.45) is 0 Å². The Balaban J connectivity index is 2.15. The van der Waals surface area contributed by atoms with Gasteiger partial charge < -0.3 is 0 Å². The number of benzene rings is 3. The van der Waals surface area contributed by atoms with Gasteiger partial charge in [0.1, 0.15) is 8.07 Å². The van der Waals surface area contributed by atoms with Gasteiger partial charge in [-0.15, -0.1) is 0 Å². The molecular formula is C18H16Si. The van der Waals surface area contributed by atoms with E-state index in [0.717, 1.165) is 0 Å². The van der Waals surface area contributed by atoms with E-state index in [1.54, 1.807) is 10.4 Å². The van der Waals surface area contributed by atoms with Gasteiger partial charge in [0.2, 0.25) is 0 Å². The smallest absolute Gasteiger partial charge is 0.0623 e. The van der Waals surface area contributed by atoms with Crippen molar-refractivity contribution < 1.29 is 0 Å². The molecule has 0 aliphatic carbocycles. The molecule has 19 heavy (non-hydrogen) atoms. The van der Waals surface area contributed by atoms with E-state index in [0.29, 0.717) is 0 Å². The highest BCUT2D eigenvalue weighted by atomic mass is 28.3. The molecule has 0 unspecified atom stereocenters. The van der Waals surface area contributed by atoms with E-state index < -0.39 is 8.07 Å². The lowest BCUT2D eigenvalue weighted by Crippen LogP contribution is -2.49. The monoisotopic (exact) mass is 260 g/mol. The second-order valence-corrected chi connectivity index (χ2v) is 10.2. The average Bonchev–Trinajstić information content (AvgIpc) is 2.66. The van der Waals surface area contributed by atoms with Crippen LogP contribution in [0.4, 0.5) is 0 Å². The minimum absolute atomic E-state index is 1.35. The molecule has 0 saturated carbocycles. The molecule has 0 fully saturated rings. The van der Waals surface area contributed by atoms with Gasteiger partial charge in [0, 0.05) is 0 Å². The fourth-order valence-electron chi connectivity index (χ4n) is 3.39. The van der Waals surface area contributed by atoms with Crippen LogP contribution >= 0.6 is 0 Å². The molecule has 3 aromatic rings. The quantitative estimate of drug-likeness (QED) is 0.541. The van der Waals surface area contributed by atoms with Gasteiger partial charge in [-0.25, -0.2) is 0 Å². The summed E-state index contributed by atoms with van der Waals surface area (Å²) in [6.45, 7) is 4.93. The Labute approximate surface area is 114 Å². The van der Waals surface area contributed by atoms with Crippen LogP contribution in [0, 0.1) is 0 Å². The highest BCUT2D eigenvalue weighted by molar-refractivity contribution is 7.03. The average molecular weight is 260 g/mol. The van der Waals surface area contributed by atoms with Gasteiger partial charge in [0.25, 0.3) is 0 Å². The Bertz CT molecular complexity index is 800. The van der Waals surface area contributed by atoms with E-state index >= 15 is 0 Å². The zero-order valence-corrected chi connectivity index (χ0v) is 12.3. The van der Waals surface area contributed by atoms with E-state index in [1.807, 2.05) is 0 Å². The molecule has 1 heteroatoms. The Hall–Kier alpha value is -1.86. The van der Waals surface area contributed by atoms with Crippen molar-refractivity contribution >= 4 is 29.2 Å². The maximum atomic E-state index is 2.46. The first kappa shape index (κ1) is 11.0. The molecule has 1 aliphatic heterocycles. The number of hydrogen-bond acceptors (Lipinski definition) is 0. The van der Waals surface area contributed by atoms with Gasteiger partial charge in [-0.1, -0.05) is 67.7 Å². The third-order valence-corrected chi connectivity index (χ3v) is 7.99. The molecular weight excluding hydrogens is 244 g/mol. The van der Waals surface area contributed by atoms with Crippen molar-refractivity contribution in [3.05, 3.63) is 60.7 Å². The maximum absolute atomic E-state index is 2.46. The summed E-state index contributed by atoms with van der Waals surface area (Å²) >= 11 is 0. The lowest BCUT2D eigenvalue weighted by atomic mass is 10.0. The third-order valence-electron chi connectivity index (χ3n) is 4.45. The molecule has 4 rings (SSSR count). The van der Waals surface area contributed by atoms with Gasteiger partial charge in [-0.3, -0.25) is 0 Å². The van der Waals surface area contributed by atoms with Crippen LogP contribution in [-0.4, -0.2) is 8.07 Å². The summed E-state index contributed by atoms with van der Waals surface area (Å²) in [5.41, 5.74) is 2.92. The molecule has 0 aromatic heterocycles. The van der Waals surface area contributed by atoms with Crippen molar-refractivity contribution in [3.8, 4) is 11.1 Å². The van der Waals surface area contributed by atoms with E-state index in [2.05, 4.69) is 73.8 Å². The number of rotatable bonds is 0. The highest BCUT2D eigenvalue weighted by Gasteiger charge is 2.37. The topological polar surface area (TPSA) is 0 Å². The zero-order chi connectivity index (χ0) is 13.0. The summed E-state index contributed by atoms with van der Waals surface area (Å²) < 4.78 is 0. The summed E-state index contributed by atoms with van der Waals surface area (Å²) in [7, 11) is -1.50. The van der Waals surface area contributed by atoms with Crippen LogP contribution in [0.1, 0.15) is 0 Å². The highest BCUT2D eigenvalue weighted by Crippen LogP contribution is 2.30. The lowest BCUT2D eigenvalue weighted by molar-refractivity contribution is 1.72. The number of hydrogen-bond donors (Lipinski definition) is 0. The molecule has 0 bridgehead atoms. The fourth-order valence-corrected chi connectivity index (χ4v) is 6.48. The second-order valence-electron chi connectivity index (χ2n) is 5.92. The van der Waals surface area contributed by atoms with Crippen molar-refractivity contribution in [2.75, 3.05) is 0 Å². The van der Waals surface area contributed by atoms with Gasteiger partial charge in [-0.2, -0.15) is 0 Å². The molecule has 3 aromatic carbocycles. The van der Waals surface area contributed by atoms with Crippen molar-refractivity contribution in [1.29, 1.82) is 0 Å². The van der Waals surface area contributed by atoms with Crippen LogP contribution in [-0.2, 0) is 0 Å². The minimum atomic E-state index is -1.50. The minimum Gasteiger partial charge on any atom is -0.0623 e. The fraction of sp³-hybridized carbons (Fsp3) is 0.111. The van der Waals surface area contributed by atoms with Crippen molar-refractivity contribution in [2.45, 2.75) is 13.1 Å². The Kier molecular flexibility index (Phi) is 2.07. The predicted octanol–water partition coefficient (Wildman–Crippen LogP) is 3.64. The molecule has 0 radical (unpaired) electrons. The summed E-state index contributed by atoms with van der Waals surface area (Å²) in [5.74, 6) is 0. The molecule has 0 atom stereocenters. The van der Waals surface area contributed by atoms with Gasteiger partial charge in [0.05, 0.1) is 0 Å². The zero-order valence-electron chi connectivity index (χ0n) is 11.3. The molecule has 0 N–H and O–H groups in total. The second kappa shape index (κ2) is 3.58. The Morgan fingerprint density at radius 3 is 2.05 bits per heavy atom. The lowest BCUT2D eigenvalue weighted by Gasteiger charge is -2.18. The molecule has 92 valence electrons. The summed E-state index contributed by atoms with van der Waals surface area (Å²) in [6, 6.07) is 22.4. The first-order valence-electron chi connectivity index (χ1n) is 6.81. The predicted molar refractivity (Wildman–Crippen MR) is 86.1 cm³/mol. The Morgan fingerprint density at radius 1 is 0.632 bits per heavy atom. The van der Waals surface area contributed by atoms with Crippen molar-refractivity contribution in [1.82, 2.24) is 0 Å².